The largest absolute Gasteiger partial charge is 0.373 e. The molecule has 2 saturated heterocycles. The van der Waals surface area contributed by atoms with E-state index in [-0.39, 0.29) is 0 Å². The van der Waals surface area contributed by atoms with E-state index in [1.54, 1.807) is 0 Å². The van der Waals surface area contributed by atoms with E-state index in [0.29, 0.717) is 12.2 Å². The minimum atomic E-state index is 0.566. The second-order valence-corrected chi connectivity index (χ2v) is 3.32. The van der Waals surface area contributed by atoms with Gasteiger partial charge in [0, 0.05) is 19.0 Å². The van der Waals surface area contributed by atoms with Gasteiger partial charge in [0.15, 0.2) is 0 Å². The van der Waals surface area contributed by atoms with Crippen molar-refractivity contribution in [1.82, 2.24) is 5.32 Å². The minimum absolute atomic E-state index is 0.566. The van der Waals surface area contributed by atoms with E-state index in [2.05, 4.69) is 12.2 Å². The molecule has 0 saturated carbocycles. The Morgan fingerprint density at radius 1 is 1.50 bits per heavy atom. The molecule has 0 aromatic carbocycles. The van der Waals surface area contributed by atoms with Crippen LogP contribution in [0.2, 0.25) is 0 Å². The smallest absolute Gasteiger partial charge is 0.0768 e. The Morgan fingerprint density at radius 3 is 3.10 bits per heavy atom. The van der Waals surface area contributed by atoms with Crippen LogP contribution >= 0.6 is 0 Å². The molecule has 0 spiro atoms. The molecule has 10 heavy (non-hydrogen) atoms. The van der Waals surface area contributed by atoms with Crippen molar-refractivity contribution in [2.24, 2.45) is 5.92 Å². The van der Waals surface area contributed by atoms with Crippen molar-refractivity contribution in [3.05, 3.63) is 0 Å². The van der Waals surface area contributed by atoms with Crippen LogP contribution in [0.4, 0.5) is 0 Å². The third kappa shape index (κ3) is 0.867. The van der Waals surface area contributed by atoms with E-state index in [1.807, 2.05) is 0 Å². The molecule has 0 aliphatic carbocycles. The molecule has 3 atom stereocenters. The van der Waals surface area contributed by atoms with Gasteiger partial charge in [-0.1, -0.05) is 13.3 Å². The van der Waals surface area contributed by atoms with Crippen LogP contribution < -0.4 is 5.32 Å². The van der Waals surface area contributed by atoms with Crippen molar-refractivity contribution < 1.29 is 4.74 Å². The number of rotatable bonds is 2. The van der Waals surface area contributed by atoms with E-state index in [0.717, 1.165) is 12.5 Å². The maximum Gasteiger partial charge on any atom is 0.0768 e. The molecule has 2 nitrogen and oxygen atoms in total. The summed E-state index contributed by atoms with van der Waals surface area (Å²) >= 11 is 0. The fourth-order valence-electron chi connectivity index (χ4n) is 2.00. The average Bonchev–Trinajstić information content (AvgIpc) is 2.26. The van der Waals surface area contributed by atoms with Crippen molar-refractivity contribution in [3.63, 3.8) is 0 Å². The molecular weight excluding hydrogens is 126 g/mol. The van der Waals surface area contributed by atoms with E-state index >= 15 is 0 Å². The van der Waals surface area contributed by atoms with Crippen LogP contribution in [-0.2, 0) is 4.74 Å². The fourth-order valence-corrected chi connectivity index (χ4v) is 2.00. The molecule has 1 N–H and O–H groups in total. The zero-order valence-corrected chi connectivity index (χ0v) is 6.47. The maximum absolute atomic E-state index is 5.64. The Balaban J connectivity index is 1.83. The van der Waals surface area contributed by atoms with Gasteiger partial charge in [-0.3, -0.25) is 0 Å². The van der Waals surface area contributed by atoms with Crippen LogP contribution in [0.3, 0.4) is 0 Å². The molecule has 0 bridgehead atoms. The van der Waals surface area contributed by atoms with Crippen LogP contribution in [0.5, 0.6) is 0 Å². The van der Waals surface area contributed by atoms with Crippen molar-refractivity contribution in [1.29, 1.82) is 0 Å². The highest BCUT2D eigenvalue weighted by atomic mass is 16.5. The van der Waals surface area contributed by atoms with Crippen molar-refractivity contribution >= 4 is 0 Å². The van der Waals surface area contributed by atoms with E-state index in [1.165, 1.54) is 19.4 Å². The Kier molecular flexibility index (Phi) is 1.66. The highest BCUT2D eigenvalue weighted by molar-refractivity contribution is 4.95. The Bertz CT molecular complexity index is 126. The molecule has 3 unspecified atom stereocenters. The standard InChI is InChI=1S/C8H15NO/c1-2-3-7-6-4-9-5-8(6)10-7/h6-9H,2-5H2,1H3. The van der Waals surface area contributed by atoms with E-state index in [4.69, 9.17) is 4.74 Å². The van der Waals surface area contributed by atoms with Crippen molar-refractivity contribution in [2.75, 3.05) is 13.1 Å². The highest BCUT2D eigenvalue weighted by Crippen LogP contribution is 2.33. The van der Waals surface area contributed by atoms with Gasteiger partial charge in [0.2, 0.25) is 0 Å². The summed E-state index contributed by atoms with van der Waals surface area (Å²) < 4.78 is 5.64. The molecule has 2 fully saturated rings. The molecule has 2 heteroatoms. The lowest BCUT2D eigenvalue weighted by Gasteiger charge is -2.39. The molecule has 2 aliphatic rings. The number of fused-ring (bicyclic) bond motifs is 1. The summed E-state index contributed by atoms with van der Waals surface area (Å²) in [6.07, 6.45) is 3.66. The van der Waals surface area contributed by atoms with Crippen LogP contribution in [0.1, 0.15) is 19.8 Å². The molecule has 2 heterocycles. The topological polar surface area (TPSA) is 21.3 Å². The summed E-state index contributed by atoms with van der Waals surface area (Å²) in [6.45, 7) is 4.50. The SMILES string of the molecule is CCCC1OC2CNCC12. The maximum atomic E-state index is 5.64. The zero-order valence-electron chi connectivity index (χ0n) is 6.47. The summed E-state index contributed by atoms with van der Waals surface area (Å²) in [5.74, 6) is 0.847. The van der Waals surface area contributed by atoms with Gasteiger partial charge in [-0.2, -0.15) is 0 Å². The third-order valence-corrected chi connectivity index (χ3v) is 2.60. The van der Waals surface area contributed by atoms with Gasteiger partial charge in [0.25, 0.3) is 0 Å². The Morgan fingerprint density at radius 2 is 2.40 bits per heavy atom. The normalized spacial score (nSPS) is 44.7. The first kappa shape index (κ1) is 6.62. The zero-order chi connectivity index (χ0) is 6.97. The summed E-state index contributed by atoms with van der Waals surface area (Å²) in [5.41, 5.74) is 0. The first-order valence-electron chi connectivity index (χ1n) is 4.28. The molecule has 0 amide bonds. The van der Waals surface area contributed by atoms with Crippen LogP contribution in [0, 0.1) is 5.92 Å². The predicted octanol–water partition coefficient (Wildman–Crippen LogP) is 0.773. The van der Waals surface area contributed by atoms with Crippen LogP contribution in [-0.4, -0.2) is 25.3 Å². The molecule has 2 rings (SSSR count). The van der Waals surface area contributed by atoms with Gasteiger partial charge < -0.3 is 10.1 Å². The van der Waals surface area contributed by atoms with E-state index < -0.39 is 0 Å². The lowest BCUT2D eigenvalue weighted by atomic mass is 9.89. The Hall–Kier alpha value is -0.0800. The lowest BCUT2D eigenvalue weighted by Crippen LogP contribution is -2.47. The number of nitrogens with one attached hydrogen (secondary N) is 1. The summed E-state index contributed by atoms with van der Waals surface area (Å²) in [4.78, 5) is 0. The molecule has 58 valence electrons. The number of hydrogen-bond acceptors (Lipinski definition) is 2. The molecular formula is C8H15NO. The highest BCUT2D eigenvalue weighted by Gasteiger charge is 2.44. The van der Waals surface area contributed by atoms with Crippen molar-refractivity contribution in [3.8, 4) is 0 Å². The number of ether oxygens (including phenoxy) is 1. The number of hydrogen-bond donors (Lipinski definition) is 1. The quantitative estimate of drug-likeness (QED) is 0.613. The van der Waals surface area contributed by atoms with Gasteiger partial charge in [-0.25, -0.2) is 0 Å². The second kappa shape index (κ2) is 2.51. The molecule has 0 radical (unpaired) electrons. The van der Waals surface area contributed by atoms with E-state index in [9.17, 15) is 0 Å². The summed E-state index contributed by atoms with van der Waals surface area (Å²) in [5, 5.41) is 3.35. The predicted molar refractivity (Wildman–Crippen MR) is 39.9 cm³/mol. The van der Waals surface area contributed by atoms with Gasteiger partial charge in [-0.05, 0) is 6.42 Å². The van der Waals surface area contributed by atoms with Gasteiger partial charge in [0.05, 0.1) is 12.2 Å². The monoisotopic (exact) mass is 141 g/mol. The summed E-state index contributed by atoms with van der Waals surface area (Å²) in [7, 11) is 0. The average molecular weight is 141 g/mol. The van der Waals surface area contributed by atoms with Crippen LogP contribution in [0.25, 0.3) is 0 Å². The van der Waals surface area contributed by atoms with Gasteiger partial charge >= 0.3 is 0 Å². The molecule has 0 aromatic heterocycles. The molecule has 2 aliphatic heterocycles. The van der Waals surface area contributed by atoms with Gasteiger partial charge in [0.1, 0.15) is 0 Å². The fraction of sp³-hybridized carbons (Fsp3) is 1.00. The van der Waals surface area contributed by atoms with Crippen LogP contribution in [0.15, 0.2) is 0 Å². The van der Waals surface area contributed by atoms with Gasteiger partial charge in [-0.15, -0.1) is 0 Å². The first-order chi connectivity index (χ1) is 4.92. The first-order valence-corrected chi connectivity index (χ1v) is 4.28. The molecule has 0 aromatic rings. The third-order valence-electron chi connectivity index (χ3n) is 2.60. The van der Waals surface area contributed by atoms with Crippen molar-refractivity contribution in [2.45, 2.75) is 32.0 Å². The second-order valence-electron chi connectivity index (χ2n) is 3.32. The Labute approximate surface area is 61.9 Å². The minimum Gasteiger partial charge on any atom is -0.373 e. The summed E-state index contributed by atoms with van der Waals surface area (Å²) in [6, 6.07) is 0. The lowest BCUT2D eigenvalue weighted by molar-refractivity contribution is -0.159.